The maximum absolute atomic E-state index is 11.5. The molecule has 2 rings (SSSR count). The fraction of sp³-hybridized carbons (Fsp3) is 0.833. The third-order valence-corrected chi connectivity index (χ3v) is 5.64. The molecule has 0 radical (unpaired) electrons. The van der Waals surface area contributed by atoms with Gasteiger partial charge in [-0.3, -0.25) is 9.59 Å². The Labute approximate surface area is 116 Å². The lowest BCUT2D eigenvalue weighted by atomic mass is 9.83. The van der Waals surface area contributed by atoms with Crippen LogP contribution in [0, 0.1) is 0 Å². The number of Topliss-reactive ketones (excluding diaryl/α,β-unsaturated/α-hetero) is 1. The number of nitrogens with two attached hydrogens (primary N) is 1. The van der Waals surface area contributed by atoms with Gasteiger partial charge in [-0.25, -0.2) is 0 Å². The maximum Gasteiger partial charge on any atom is 0.220 e. The van der Waals surface area contributed by atoms with Crippen molar-refractivity contribution >= 4 is 23.5 Å². The molecule has 1 aliphatic carbocycles. The Hall–Kier alpha value is -0.630. The molecule has 1 saturated heterocycles. The third kappa shape index (κ3) is 2.94. The van der Waals surface area contributed by atoms with E-state index in [1.807, 2.05) is 0 Å². The number of hydrogen-bond donors (Lipinski definition) is 4. The van der Waals surface area contributed by atoms with Gasteiger partial charge < -0.3 is 21.3 Å². The number of nitrogens with one attached hydrogen (secondary N) is 1. The van der Waals surface area contributed by atoms with Gasteiger partial charge in [0.15, 0.2) is 0 Å². The Morgan fingerprint density at radius 2 is 2.16 bits per heavy atom. The number of ketones is 1. The molecule has 7 heteroatoms. The summed E-state index contributed by atoms with van der Waals surface area (Å²) in [5.41, 5.74) is 3.45. The first-order valence-corrected chi connectivity index (χ1v) is 7.42. The van der Waals surface area contributed by atoms with Crippen LogP contribution < -0.4 is 11.1 Å². The molecule has 108 valence electrons. The number of aliphatic hydroxyl groups is 2. The highest BCUT2D eigenvalue weighted by Gasteiger charge is 2.49. The van der Waals surface area contributed by atoms with Crippen molar-refractivity contribution < 1.29 is 19.8 Å². The smallest absolute Gasteiger partial charge is 0.220 e. The van der Waals surface area contributed by atoms with Crippen molar-refractivity contribution in [3.63, 3.8) is 0 Å². The second kappa shape index (κ2) is 5.05. The van der Waals surface area contributed by atoms with Gasteiger partial charge in [-0.2, -0.15) is 11.8 Å². The summed E-state index contributed by atoms with van der Waals surface area (Å²) in [5.74, 6) is 0.271. The van der Waals surface area contributed by atoms with Crippen LogP contribution in [0.5, 0.6) is 0 Å². The molecule has 1 heterocycles. The SMILES string of the molecule is CC1(CSC2CC(=O)CC2O)NC(=O)CCC1(N)O. The molecule has 1 saturated carbocycles. The minimum atomic E-state index is -1.47. The van der Waals surface area contributed by atoms with Gasteiger partial charge >= 0.3 is 0 Å². The Morgan fingerprint density at radius 1 is 1.47 bits per heavy atom. The normalized spacial score (nSPS) is 43.4. The molecule has 2 fully saturated rings. The molecule has 1 aliphatic heterocycles. The summed E-state index contributed by atoms with van der Waals surface area (Å²) in [4.78, 5) is 22.7. The quantitative estimate of drug-likeness (QED) is 0.502. The van der Waals surface area contributed by atoms with E-state index in [0.29, 0.717) is 12.2 Å². The van der Waals surface area contributed by atoms with Crippen molar-refractivity contribution in [2.45, 2.75) is 55.2 Å². The molecule has 6 nitrogen and oxygen atoms in total. The lowest BCUT2D eigenvalue weighted by Crippen LogP contribution is -2.71. The van der Waals surface area contributed by atoms with E-state index in [1.54, 1.807) is 6.92 Å². The first-order chi connectivity index (χ1) is 8.73. The van der Waals surface area contributed by atoms with Gasteiger partial charge in [0, 0.05) is 36.7 Å². The zero-order chi connectivity index (χ0) is 14.3. The standard InChI is InChI=1S/C12H20N2O4S/c1-11(12(13,18)3-2-10(17)14-11)6-19-9-5-7(15)4-8(9)16/h8-9,16,18H,2-6,13H2,1H3,(H,14,17). The average molecular weight is 288 g/mol. The van der Waals surface area contributed by atoms with Gasteiger partial charge in [0.25, 0.3) is 0 Å². The van der Waals surface area contributed by atoms with E-state index >= 15 is 0 Å². The predicted octanol–water partition coefficient (Wildman–Crippen LogP) is -0.872. The van der Waals surface area contributed by atoms with Crippen molar-refractivity contribution in [1.29, 1.82) is 0 Å². The second-order valence-electron chi connectivity index (χ2n) is 5.67. The number of thioether (sulfide) groups is 1. The van der Waals surface area contributed by atoms with Gasteiger partial charge in [0.1, 0.15) is 11.5 Å². The molecular formula is C12H20N2O4S. The van der Waals surface area contributed by atoms with Crippen LogP contribution in [0.15, 0.2) is 0 Å². The fourth-order valence-corrected chi connectivity index (χ4v) is 3.96. The van der Waals surface area contributed by atoms with Gasteiger partial charge in [-0.15, -0.1) is 0 Å². The lowest BCUT2D eigenvalue weighted by molar-refractivity contribution is -0.136. The van der Waals surface area contributed by atoms with E-state index < -0.39 is 17.4 Å². The van der Waals surface area contributed by atoms with Crippen LogP contribution in [0.4, 0.5) is 0 Å². The van der Waals surface area contributed by atoms with Crippen LogP contribution in [0.25, 0.3) is 0 Å². The Morgan fingerprint density at radius 3 is 2.74 bits per heavy atom. The molecule has 19 heavy (non-hydrogen) atoms. The molecule has 0 aromatic rings. The molecule has 2 aliphatic rings. The Balaban J connectivity index is 2.00. The minimum Gasteiger partial charge on any atom is -0.392 e. The number of piperidine rings is 1. The number of aliphatic hydroxyl groups excluding tert-OH is 1. The van der Waals surface area contributed by atoms with Crippen LogP contribution in [0.1, 0.15) is 32.6 Å². The fourth-order valence-electron chi connectivity index (χ4n) is 2.47. The Bertz CT molecular complexity index is 401. The van der Waals surface area contributed by atoms with E-state index in [9.17, 15) is 19.8 Å². The molecular weight excluding hydrogens is 268 g/mol. The highest BCUT2D eigenvalue weighted by molar-refractivity contribution is 8.00. The van der Waals surface area contributed by atoms with Crippen molar-refractivity contribution in [1.82, 2.24) is 5.32 Å². The summed E-state index contributed by atoms with van der Waals surface area (Å²) < 4.78 is 0. The molecule has 1 amide bonds. The topological polar surface area (TPSA) is 113 Å². The molecule has 0 bridgehead atoms. The van der Waals surface area contributed by atoms with E-state index in [2.05, 4.69) is 5.32 Å². The summed E-state index contributed by atoms with van der Waals surface area (Å²) in [7, 11) is 0. The Kier molecular flexibility index (Phi) is 3.92. The first kappa shape index (κ1) is 14.8. The van der Waals surface area contributed by atoms with Crippen molar-refractivity contribution in [2.75, 3.05) is 5.75 Å². The van der Waals surface area contributed by atoms with Gasteiger partial charge in [-0.05, 0) is 6.92 Å². The number of rotatable bonds is 3. The molecule has 5 N–H and O–H groups in total. The van der Waals surface area contributed by atoms with E-state index in [1.165, 1.54) is 11.8 Å². The summed E-state index contributed by atoms with van der Waals surface area (Å²) in [6.07, 6.45) is 0.290. The molecule has 4 atom stereocenters. The number of carbonyl (C=O) groups is 2. The van der Waals surface area contributed by atoms with Crippen LogP contribution in [-0.4, -0.2) is 50.3 Å². The highest BCUT2D eigenvalue weighted by atomic mass is 32.2. The number of hydrogen-bond acceptors (Lipinski definition) is 6. The maximum atomic E-state index is 11.5. The van der Waals surface area contributed by atoms with E-state index in [-0.39, 0.29) is 36.2 Å². The molecule has 0 spiro atoms. The molecule has 0 aromatic heterocycles. The van der Waals surface area contributed by atoms with Crippen molar-refractivity contribution in [3.8, 4) is 0 Å². The molecule has 0 aromatic carbocycles. The van der Waals surface area contributed by atoms with Crippen molar-refractivity contribution in [3.05, 3.63) is 0 Å². The number of amides is 1. The lowest BCUT2D eigenvalue weighted by Gasteiger charge is -2.46. The first-order valence-electron chi connectivity index (χ1n) is 6.37. The minimum absolute atomic E-state index is 0.0471. The van der Waals surface area contributed by atoms with Crippen LogP contribution in [0.3, 0.4) is 0 Å². The monoisotopic (exact) mass is 288 g/mol. The van der Waals surface area contributed by atoms with Gasteiger partial charge in [-0.1, -0.05) is 0 Å². The predicted molar refractivity (Wildman–Crippen MR) is 71.4 cm³/mol. The molecule has 4 unspecified atom stereocenters. The zero-order valence-electron chi connectivity index (χ0n) is 10.9. The van der Waals surface area contributed by atoms with Crippen molar-refractivity contribution in [2.24, 2.45) is 5.73 Å². The largest absolute Gasteiger partial charge is 0.392 e. The van der Waals surface area contributed by atoms with E-state index in [0.717, 1.165) is 0 Å². The number of carbonyl (C=O) groups excluding carboxylic acids is 2. The van der Waals surface area contributed by atoms with Gasteiger partial charge in [0.2, 0.25) is 5.91 Å². The summed E-state index contributed by atoms with van der Waals surface area (Å²) in [5, 5.41) is 22.5. The summed E-state index contributed by atoms with van der Waals surface area (Å²) >= 11 is 1.38. The third-order valence-electron chi connectivity index (χ3n) is 3.98. The highest BCUT2D eigenvalue weighted by Crippen LogP contribution is 2.35. The average Bonchev–Trinajstić information content (AvgIpc) is 2.61. The summed E-state index contributed by atoms with van der Waals surface area (Å²) in [6, 6.07) is 0. The van der Waals surface area contributed by atoms with Crippen LogP contribution >= 0.6 is 11.8 Å². The van der Waals surface area contributed by atoms with Crippen LogP contribution in [0.2, 0.25) is 0 Å². The second-order valence-corrected chi connectivity index (χ2v) is 6.90. The summed E-state index contributed by atoms with van der Waals surface area (Å²) in [6.45, 7) is 1.69. The zero-order valence-corrected chi connectivity index (χ0v) is 11.7. The van der Waals surface area contributed by atoms with Crippen LogP contribution in [-0.2, 0) is 9.59 Å². The van der Waals surface area contributed by atoms with Gasteiger partial charge in [0.05, 0.1) is 11.6 Å². The van der Waals surface area contributed by atoms with E-state index in [4.69, 9.17) is 5.73 Å².